The highest BCUT2D eigenvalue weighted by Gasteiger charge is 2.23. The molecule has 0 aromatic heterocycles. The molecule has 112 valence electrons. The summed E-state index contributed by atoms with van der Waals surface area (Å²) in [5.41, 5.74) is 1.58. The normalized spacial score (nSPS) is 11.9. The maximum Gasteiger partial charge on any atom is 0.203 e. The van der Waals surface area contributed by atoms with Crippen molar-refractivity contribution in [3.63, 3.8) is 0 Å². The SMILES string of the molecule is COc1ccc(C(Cl)c2ccccc2Cl)c(OC)c1OC. The van der Waals surface area contributed by atoms with Gasteiger partial charge in [0.2, 0.25) is 5.75 Å². The van der Waals surface area contributed by atoms with Crippen LogP contribution < -0.4 is 14.2 Å². The van der Waals surface area contributed by atoms with Crippen LogP contribution >= 0.6 is 23.2 Å². The molecule has 0 radical (unpaired) electrons. The second kappa shape index (κ2) is 6.92. The van der Waals surface area contributed by atoms with Crippen LogP contribution in [-0.2, 0) is 0 Å². The lowest BCUT2D eigenvalue weighted by Crippen LogP contribution is -2.02. The molecule has 0 saturated carbocycles. The molecular formula is C16H16Cl2O3. The summed E-state index contributed by atoms with van der Waals surface area (Å²) >= 11 is 12.8. The van der Waals surface area contributed by atoms with Gasteiger partial charge in [-0.25, -0.2) is 0 Å². The van der Waals surface area contributed by atoms with Gasteiger partial charge in [0.25, 0.3) is 0 Å². The molecule has 2 aromatic carbocycles. The lowest BCUT2D eigenvalue weighted by Gasteiger charge is -2.19. The molecule has 2 aromatic rings. The van der Waals surface area contributed by atoms with Crippen LogP contribution in [0.2, 0.25) is 5.02 Å². The zero-order chi connectivity index (χ0) is 15.4. The van der Waals surface area contributed by atoms with E-state index in [0.29, 0.717) is 22.3 Å². The van der Waals surface area contributed by atoms with Crippen LogP contribution in [0.25, 0.3) is 0 Å². The zero-order valence-corrected chi connectivity index (χ0v) is 13.5. The molecule has 0 heterocycles. The predicted molar refractivity (Wildman–Crippen MR) is 85.2 cm³/mol. The number of benzene rings is 2. The first-order chi connectivity index (χ1) is 10.1. The van der Waals surface area contributed by atoms with Crippen LogP contribution in [0.15, 0.2) is 36.4 Å². The van der Waals surface area contributed by atoms with E-state index < -0.39 is 5.38 Å². The number of hydrogen-bond acceptors (Lipinski definition) is 3. The number of rotatable bonds is 5. The first kappa shape index (κ1) is 15.8. The van der Waals surface area contributed by atoms with Crippen LogP contribution in [0, 0.1) is 0 Å². The largest absolute Gasteiger partial charge is 0.493 e. The summed E-state index contributed by atoms with van der Waals surface area (Å²) in [4.78, 5) is 0. The van der Waals surface area contributed by atoms with Crippen LogP contribution in [0.4, 0.5) is 0 Å². The van der Waals surface area contributed by atoms with Crippen molar-refractivity contribution in [3.8, 4) is 17.2 Å². The van der Waals surface area contributed by atoms with E-state index in [2.05, 4.69) is 0 Å². The number of halogens is 2. The van der Waals surface area contributed by atoms with Gasteiger partial charge in [-0.1, -0.05) is 29.8 Å². The molecule has 1 unspecified atom stereocenters. The Balaban J connectivity index is 2.56. The quantitative estimate of drug-likeness (QED) is 0.746. The van der Waals surface area contributed by atoms with E-state index in [1.807, 2.05) is 24.3 Å². The molecule has 5 heteroatoms. The van der Waals surface area contributed by atoms with Gasteiger partial charge in [0.05, 0.1) is 26.7 Å². The lowest BCUT2D eigenvalue weighted by molar-refractivity contribution is 0.322. The third-order valence-corrected chi connectivity index (χ3v) is 4.00. The van der Waals surface area contributed by atoms with Crippen molar-refractivity contribution in [2.24, 2.45) is 0 Å². The van der Waals surface area contributed by atoms with Gasteiger partial charge in [0.1, 0.15) is 0 Å². The average Bonchev–Trinajstić information content (AvgIpc) is 2.52. The fraction of sp³-hybridized carbons (Fsp3) is 0.250. The molecule has 0 aliphatic heterocycles. The predicted octanol–water partition coefficient (Wildman–Crippen LogP) is 4.69. The second-order valence-corrected chi connectivity index (χ2v) is 5.15. The molecule has 0 amide bonds. The first-order valence-electron chi connectivity index (χ1n) is 6.31. The molecule has 1 atom stereocenters. The van der Waals surface area contributed by atoms with Gasteiger partial charge in [-0.3, -0.25) is 0 Å². The van der Waals surface area contributed by atoms with E-state index in [9.17, 15) is 0 Å². The summed E-state index contributed by atoms with van der Waals surface area (Å²) in [5.74, 6) is 1.63. The summed E-state index contributed by atoms with van der Waals surface area (Å²) in [6.07, 6.45) is 0. The smallest absolute Gasteiger partial charge is 0.203 e. The Hall–Kier alpha value is -1.58. The van der Waals surface area contributed by atoms with Crippen molar-refractivity contribution >= 4 is 23.2 Å². The highest BCUT2D eigenvalue weighted by molar-refractivity contribution is 6.33. The Morgan fingerprint density at radius 1 is 0.810 bits per heavy atom. The maximum atomic E-state index is 6.58. The Bertz CT molecular complexity index is 629. The van der Waals surface area contributed by atoms with Crippen molar-refractivity contribution in [3.05, 3.63) is 52.5 Å². The van der Waals surface area contributed by atoms with Crippen LogP contribution in [0.1, 0.15) is 16.5 Å². The molecule has 0 N–H and O–H groups in total. The van der Waals surface area contributed by atoms with Crippen molar-refractivity contribution in [1.82, 2.24) is 0 Å². The minimum Gasteiger partial charge on any atom is -0.493 e. The molecule has 0 aliphatic rings. The van der Waals surface area contributed by atoms with Gasteiger partial charge in [0, 0.05) is 10.6 Å². The summed E-state index contributed by atoms with van der Waals surface area (Å²) < 4.78 is 16.1. The molecule has 0 fully saturated rings. The molecule has 0 bridgehead atoms. The van der Waals surface area contributed by atoms with Crippen LogP contribution in [0.5, 0.6) is 17.2 Å². The number of alkyl halides is 1. The second-order valence-electron chi connectivity index (χ2n) is 4.31. The number of hydrogen-bond donors (Lipinski definition) is 0. The molecule has 21 heavy (non-hydrogen) atoms. The van der Waals surface area contributed by atoms with E-state index in [1.54, 1.807) is 33.5 Å². The molecule has 2 rings (SSSR count). The van der Waals surface area contributed by atoms with Gasteiger partial charge < -0.3 is 14.2 Å². The molecule has 3 nitrogen and oxygen atoms in total. The Labute approximate surface area is 134 Å². The zero-order valence-electron chi connectivity index (χ0n) is 12.0. The Morgan fingerprint density at radius 2 is 1.48 bits per heavy atom. The number of methoxy groups -OCH3 is 3. The van der Waals surface area contributed by atoms with Crippen molar-refractivity contribution in [2.45, 2.75) is 5.38 Å². The minimum absolute atomic E-state index is 0.451. The third-order valence-electron chi connectivity index (χ3n) is 3.19. The fourth-order valence-electron chi connectivity index (χ4n) is 2.17. The minimum atomic E-state index is -0.451. The Morgan fingerprint density at radius 3 is 2.05 bits per heavy atom. The van der Waals surface area contributed by atoms with Gasteiger partial charge >= 0.3 is 0 Å². The topological polar surface area (TPSA) is 27.7 Å². The van der Waals surface area contributed by atoms with E-state index >= 15 is 0 Å². The molecular weight excluding hydrogens is 311 g/mol. The highest BCUT2D eigenvalue weighted by Crippen LogP contribution is 2.46. The molecule has 0 aliphatic carbocycles. The van der Waals surface area contributed by atoms with Crippen molar-refractivity contribution < 1.29 is 14.2 Å². The Kier molecular flexibility index (Phi) is 5.21. The van der Waals surface area contributed by atoms with Gasteiger partial charge in [-0.05, 0) is 23.8 Å². The van der Waals surface area contributed by atoms with E-state index in [4.69, 9.17) is 37.4 Å². The monoisotopic (exact) mass is 326 g/mol. The first-order valence-corrected chi connectivity index (χ1v) is 7.12. The number of ether oxygens (including phenoxy) is 3. The van der Waals surface area contributed by atoms with Gasteiger partial charge in [0.15, 0.2) is 11.5 Å². The summed E-state index contributed by atoms with van der Waals surface area (Å²) in [7, 11) is 4.70. The lowest BCUT2D eigenvalue weighted by atomic mass is 10.0. The summed E-state index contributed by atoms with van der Waals surface area (Å²) in [5, 5.41) is 0.155. The summed E-state index contributed by atoms with van der Waals surface area (Å²) in [6.45, 7) is 0. The molecule has 0 spiro atoms. The van der Waals surface area contributed by atoms with Crippen molar-refractivity contribution in [2.75, 3.05) is 21.3 Å². The van der Waals surface area contributed by atoms with Gasteiger partial charge in [-0.2, -0.15) is 0 Å². The third kappa shape index (κ3) is 3.04. The average molecular weight is 327 g/mol. The molecule has 0 saturated heterocycles. The summed E-state index contributed by atoms with van der Waals surface area (Å²) in [6, 6.07) is 11.1. The highest BCUT2D eigenvalue weighted by atomic mass is 35.5. The van der Waals surface area contributed by atoms with Gasteiger partial charge in [-0.15, -0.1) is 11.6 Å². The van der Waals surface area contributed by atoms with Crippen LogP contribution in [0.3, 0.4) is 0 Å². The van der Waals surface area contributed by atoms with E-state index in [0.717, 1.165) is 11.1 Å². The fourth-order valence-corrected chi connectivity index (χ4v) is 2.83. The van der Waals surface area contributed by atoms with E-state index in [-0.39, 0.29) is 0 Å². The van der Waals surface area contributed by atoms with Crippen LogP contribution in [-0.4, -0.2) is 21.3 Å². The van der Waals surface area contributed by atoms with E-state index in [1.165, 1.54) is 0 Å². The maximum absolute atomic E-state index is 6.58. The standard InChI is InChI=1S/C16H16Cl2O3/c1-19-13-9-8-11(15(20-2)16(13)21-3)14(18)10-6-4-5-7-12(10)17/h4-9,14H,1-3H3. The van der Waals surface area contributed by atoms with Crippen molar-refractivity contribution in [1.29, 1.82) is 0 Å².